The number of rotatable bonds is 6. The van der Waals surface area contributed by atoms with E-state index in [0.29, 0.717) is 30.6 Å². The molecule has 1 aromatic carbocycles. The average Bonchev–Trinajstić information content (AvgIpc) is 3.31. The second-order valence-corrected chi connectivity index (χ2v) is 8.89. The summed E-state index contributed by atoms with van der Waals surface area (Å²) in [6.07, 6.45) is 1.83. The number of carbonyl (C=O) groups excluding carboxylic acids is 2. The summed E-state index contributed by atoms with van der Waals surface area (Å²) in [5.41, 5.74) is 3.93. The molecule has 5 nitrogen and oxygen atoms in total. The van der Waals surface area contributed by atoms with Crippen molar-refractivity contribution >= 4 is 23.1 Å². The fraction of sp³-hybridized carbons (Fsp3) is 0.360. The van der Waals surface area contributed by atoms with Crippen LogP contribution < -0.4 is 10.1 Å². The van der Waals surface area contributed by atoms with Crippen LogP contribution in [0.25, 0.3) is 0 Å². The zero-order valence-corrected chi connectivity index (χ0v) is 18.9. The molecule has 6 heteroatoms. The summed E-state index contributed by atoms with van der Waals surface area (Å²) < 4.78 is 11.0. The Hall–Kier alpha value is -2.86. The first-order valence-electron chi connectivity index (χ1n) is 10.6. The number of methoxy groups -OCH3 is 1. The minimum atomic E-state index is -0.383. The Kier molecular flexibility index (Phi) is 6.28. The van der Waals surface area contributed by atoms with E-state index in [2.05, 4.69) is 5.32 Å². The first-order valence-corrected chi connectivity index (χ1v) is 11.5. The molecule has 0 saturated heterocycles. The van der Waals surface area contributed by atoms with Crippen LogP contribution >= 0.6 is 11.3 Å². The van der Waals surface area contributed by atoms with Crippen molar-refractivity contribution in [3.05, 3.63) is 74.8 Å². The molecule has 0 radical (unpaired) electrons. The maximum absolute atomic E-state index is 13.5. The molecule has 0 saturated carbocycles. The molecule has 1 aliphatic heterocycles. The molecule has 4 rings (SSSR count). The molecular formula is C25H27NO4S. The molecule has 2 heterocycles. The summed E-state index contributed by atoms with van der Waals surface area (Å²) in [4.78, 5) is 27.4. The van der Waals surface area contributed by atoms with Crippen molar-refractivity contribution in [2.24, 2.45) is 0 Å². The molecule has 2 aliphatic rings. The monoisotopic (exact) mass is 437 g/mol. The molecule has 0 fully saturated rings. The topological polar surface area (TPSA) is 64.6 Å². The summed E-state index contributed by atoms with van der Waals surface area (Å²) in [5.74, 6) is 0.158. The van der Waals surface area contributed by atoms with Gasteiger partial charge in [0.2, 0.25) is 0 Å². The number of dihydropyridines is 1. The van der Waals surface area contributed by atoms with Crippen LogP contribution in [0, 0.1) is 0 Å². The number of para-hydroxylation sites is 1. The van der Waals surface area contributed by atoms with Crippen molar-refractivity contribution < 1.29 is 19.1 Å². The minimum Gasteiger partial charge on any atom is -0.496 e. The van der Waals surface area contributed by atoms with Gasteiger partial charge in [0, 0.05) is 34.2 Å². The number of ether oxygens (including phenoxy) is 2. The lowest BCUT2D eigenvalue weighted by molar-refractivity contribution is -0.139. The quantitative estimate of drug-likeness (QED) is 0.639. The van der Waals surface area contributed by atoms with Crippen molar-refractivity contribution in [3.8, 4) is 5.75 Å². The SMILES string of the molecule is CCCOC(=O)C1=C(C)NC2=C(C(=O)C[C@@H](c3ccccc3OC)C2)[C@H]1c1cccs1. The number of allylic oxidation sites excluding steroid dienone is 3. The van der Waals surface area contributed by atoms with Gasteiger partial charge < -0.3 is 14.8 Å². The van der Waals surface area contributed by atoms with Gasteiger partial charge in [0.05, 0.1) is 25.2 Å². The van der Waals surface area contributed by atoms with Gasteiger partial charge in [-0.3, -0.25) is 4.79 Å². The van der Waals surface area contributed by atoms with E-state index in [0.717, 1.165) is 34.0 Å². The molecule has 0 unspecified atom stereocenters. The predicted octanol–water partition coefficient (Wildman–Crippen LogP) is 5.07. The number of Topliss-reactive ketones (excluding diaryl/α,β-unsaturated/α-hetero) is 1. The largest absolute Gasteiger partial charge is 0.496 e. The van der Waals surface area contributed by atoms with Crippen LogP contribution in [0.1, 0.15) is 55.4 Å². The predicted molar refractivity (Wildman–Crippen MR) is 121 cm³/mol. The van der Waals surface area contributed by atoms with E-state index in [1.807, 2.05) is 55.6 Å². The molecule has 162 valence electrons. The number of esters is 1. The highest BCUT2D eigenvalue weighted by atomic mass is 32.1. The van der Waals surface area contributed by atoms with Crippen LogP contribution in [-0.2, 0) is 14.3 Å². The molecule has 2 atom stereocenters. The van der Waals surface area contributed by atoms with Crippen LogP contribution in [0.4, 0.5) is 0 Å². The van der Waals surface area contributed by atoms with E-state index in [1.54, 1.807) is 18.4 Å². The van der Waals surface area contributed by atoms with Gasteiger partial charge in [0.15, 0.2) is 5.78 Å². The van der Waals surface area contributed by atoms with Gasteiger partial charge in [-0.2, -0.15) is 0 Å². The van der Waals surface area contributed by atoms with Crippen LogP contribution in [0.15, 0.2) is 64.3 Å². The lowest BCUT2D eigenvalue weighted by atomic mass is 9.73. The van der Waals surface area contributed by atoms with Gasteiger partial charge in [0.1, 0.15) is 5.75 Å². The van der Waals surface area contributed by atoms with E-state index in [4.69, 9.17) is 9.47 Å². The third-order valence-electron chi connectivity index (χ3n) is 5.89. The van der Waals surface area contributed by atoms with Crippen LogP contribution in [0.5, 0.6) is 5.75 Å². The molecule has 0 bridgehead atoms. The number of nitrogens with one attached hydrogen (secondary N) is 1. The number of carbonyl (C=O) groups is 2. The third-order valence-corrected chi connectivity index (χ3v) is 6.83. The summed E-state index contributed by atoms with van der Waals surface area (Å²) in [6.45, 7) is 4.22. The van der Waals surface area contributed by atoms with Crippen LogP contribution in [-0.4, -0.2) is 25.5 Å². The zero-order valence-electron chi connectivity index (χ0n) is 18.1. The van der Waals surface area contributed by atoms with Crippen molar-refractivity contribution in [1.29, 1.82) is 0 Å². The Bertz CT molecular complexity index is 1050. The lowest BCUT2D eigenvalue weighted by Gasteiger charge is -2.36. The summed E-state index contributed by atoms with van der Waals surface area (Å²) in [7, 11) is 1.65. The van der Waals surface area contributed by atoms with Crippen LogP contribution in [0.3, 0.4) is 0 Å². The zero-order chi connectivity index (χ0) is 22.0. The Morgan fingerprint density at radius 1 is 1.19 bits per heavy atom. The number of thiophene rings is 1. The molecule has 1 aliphatic carbocycles. The van der Waals surface area contributed by atoms with E-state index >= 15 is 0 Å². The number of hydrogen-bond donors (Lipinski definition) is 1. The first-order chi connectivity index (χ1) is 15.0. The number of hydrogen-bond acceptors (Lipinski definition) is 6. The fourth-order valence-corrected chi connectivity index (χ4v) is 5.39. The lowest BCUT2D eigenvalue weighted by Crippen LogP contribution is -2.36. The van der Waals surface area contributed by atoms with Gasteiger partial charge >= 0.3 is 5.97 Å². The highest BCUT2D eigenvalue weighted by Crippen LogP contribution is 2.47. The molecule has 31 heavy (non-hydrogen) atoms. The van der Waals surface area contributed by atoms with E-state index in [-0.39, 0.29) is 23.6 Å². The Morgan fingerprint density at radius 2 is 2.00 bits per heavy atom. The van der Waals surface area contributed by atoms with Gasteiger partial charge in [0.25, 0.3) is 0 Å². The van der Waals surface area contributed by atoms with E-state index in [9.17, 15) is 9.59 Å². The normalized spacial score (nSPS) is 20.9. The highest BCUT2D eigenvalue weighted by molar-refractivity contribution is 7.10. The first kappa shape index (κ1) is 21.4. The standard InChI is InChI=1S/C25H27NO4S/c1-4-11-30-25(28)22-15(2)26-18-13-16(17-8-5-6-9-20(17)29-3)14-19(27)23(18)24(22)21-10-7-12-31-21/h5-10,12,16,24,26H,4,11,13-14H2,1-3H3/t16-,24-/m0/s1. The summed E-state index contributed by atoms with van der Waals surface area (Å²) in [5, 5.41) is 5.37. The summed E-state index contributed by atoms with van der Waals surface area (Å²) in [6, 6.07) is 11.8. The molecule has 2 aromatic rings. The van der Waals surface area contributed by atoms with E-state index < -0.39 is 0 Å². The molecule has 1 N–H and O–H groups in total. The maximum Gasteiger partial charge on any atom is 0.336 e. The Labute approximate surface area is 186 Å². The Balaban J connectivity index is 1.75. The molecular weight excluding hydrogens is 410 g/mol. The average molecular weight is 438 g/mol. The number of ketones is 1. The van der Waals surface area contributed by atoms with Crippen molar-refractivity contribution in [2.75, 3.05) is 13.7 Å². The van der Waals surface area contributed by atoms with E-state index in [1.165, 1.54) is 0 Å². The van der Waals surface area contributed by atoms with Crippen molar-refractivity contribution in [2.45, 2.75) is 44.9 Å². The Morgan fingerprint density at radius 3 is 2.71 bits per heavy atom. The molecule has 1 aromatic heterocycles. The highest BCUT2D eigenvalue weighted by Gasteiger charge is 2.42. The second kappa shape index (κ2) is 9.10. The third kappa shape index (κ3) is 4.04. The maximum atomic E-state index is 13.5. The smallest absolute Gasteiger partial charge is 0.336 e. The number of benzene rings is 1. The molecule has 0 amide bonds. The van der Waals surface area contributed by atoms with Crippen LogP contribution in [0.2, 0.25) is 0 Å². The van der Waals surface area contributed by atoms with Gasteiger partial charge in [-0.25, -0.2) is 4.79 Å². The fourth-order valence-electron chi connectivity index (χ4n) is 4.55. The summed E-state index contributed by atoms with van der Waals surface area (Å²) >= 11 is 1.56. The van der Waals surface area contributed by atoms with Crippen molar-refractivity contribution in [3.63, 3.8) is 0 Å². The van der Waals surface area contributed by atoms with Gasteiger partial charge in [-0.1, -0.05) is 31.2 Å². The van der Waals surface area contributed by atoms with Gasteiger partial charge in [-0.05, 0) is 42.8 Å². The second-order valence-electron chi connectivity index (χ2n) is 7.91. The van der Waals surface area contributed by atoms with Crippen molar-refractivity contribution in [1.82, 2.24) is 5.32 Å². The molecule has 0 spiro atoms. The van der Waals surface area contributed by atoms with Gasteiger partial charge in [-0.15, -0.1) is 11.3 Å². The minimum absolute atomic E-state index is 0.0280.